The van der Waals surface area contributed by atoms with E-state index in [4.69, 9.17) is 0 Å². The topological polar surface area (TPSA) is 67.8 Å². The molecule has 0 N–H and O–H groups in total. The summed E-state index contributed by atoms with van der Waals surface area (Å²) in [6.45, 7) is 0. The van der Waals surface area contributed by atoms with Gasteiger partial charge in [-0.1, -0.05) is 17.8 Å². The molecule has 0 fully saturated rings. The number of rotatable bonds is 2. The van der Waals surface area contributed by atoms with Crippen molar-refractivity contribution in [1.82, 2.24) is 9.13 Å². The van der Waals surface area contributed by atoms with Gasteiger partial charge in [0.25, 0.3) is 5.56 Å². The Morgan fingerprint density at radius 2 is 1.78 bits per heavy atom. The third kappa shape index (κ3) is 2.73. The molecule has 0 atom stereocenters. The zero-order valence-electron chi connectivity index (χ0n) is 13.1. The van der Waals surface area contributed by atoms with Gasteiger partial charge in [-0.3, -0.25) is 13.9 Å². The summed E-state index contributed by atoms with van der Waals surface area (Å²) in [6, 6.07) is 8.17. The molecule has 1 heterocycles. The molecule has 1 aliphatic carbocycles. The monoisotopic (exact) mass is 327 g/mol. The summed E-state index contributed by atoms with van der Waals surface area (Å²) in [5, 5.41) is 9.72. The molecule has 2 aromatic rings. The first kappa shape index (κ1) is 15.6. The SMILES string of the molecule is Cn1c(Sc2ccc3c(c2)CCCC3)c(C#N)c(=O)n(C)c1=O. The summed E-state index contributed by atoms with van der Waals surface area (Å²) >= 11 is 1.30. The van der Waals surface area contributed by atoms with Crippen LogP contribution in [0.15, 0.2) is 37.7 Å². The number of hydrogen-bond acceptors (Lipinski definition) is 4. The van der Waals surface area contributed by atoms with Gasteiger partial charge in [0.15, 0.2) is 0 Å². The van der Waals surface area contributed by atoms with Crippen molar-refractivity contribution in [2.45, 2.75) is 35.6 Å². The maximum atomic E-state index is 12.1. The van der Waals surface area contributed by atoms with Crippen molar-refractivity contribution in [3.8, 4) is 6.07 Å². The standard InChI is InChI=1S/C17H17N3O2S/c1-19-15(21)14(10-18)16(20(2)17(19)22)23-13-8-7-11-5-3-4-6-12(11)9-13/h7-9H,3-6H2,1-2H3. The summed E-state index contributed by atoms with van der Waals surface area (Å²) in [7, 11) is 2.97. The predicted octanol–water partition coefficient (Wildman–Crippen LogP) is 1.99. The van der Waals surface area contributed by atoms with E-state index >= 15 is 0 Å². The molecule has 0 saturated carbocycles. The molecule has 0 radical (unpaired) electrons. The van der Waals surface area contributed by atoms with Crippen molar-refractivity contribution in [2.24, 2.45) is 14.1 Å². The first-order chi connectivity index (χ1) is 11.0. The van der Waals surface area contributed by atoms with Gasteiger partial charge < -0.3 is 0 Å². The van der Waals surface area contributed by atoms with E-state index < -0.39 is 11.2 Å². The van der Waals surface area contributed by atoms with Crippen LogP contribution in [-0.2, 0) is 26.9 Å². The van der Waals surface area contributed by atoms with E-state index in [0.717, 1.165) is 22.3 Å². The summed E-state index contributed by atoms with van der Waals surface area (Å²) in [5.41, 5.74) is 1.75. The lowest BCUT2D eigenvalue weighted by Gasteiger charge is -2.17. The Morgan fingerprint density at radius 3 is 2.48 bits per heavy atom. The largest absolute Gasteiger partial charge is 0.331 e. The fourth-order valence-electron chi connectivity index (χ4n) is 2.93. The second kappa shape index (κ2) is 6.09. The van der Waals surface area contributed by atoms with Crippen molar-refractivity contribution in [1.29, 1.82) is 5.26 Å². The maximum Gasteiger partial charge on any atom is 0.331 e. The van der Waals surface area contributed by atoms with Crippen LogP contribution in [0.1, 0.15) is 29.5 Å². The number of hydrogen-bond donors (Lipinski definition) is 0. The van der Waals surface area contributed by atoms with Gasteiger partial charge in [0.2, 0.25) is 0 Å². The van der Waals surface area contributed by atoms with E-state index in [-0.39, 0.29) is 5.56 Å². The van der Waals surface area contributed by atoms with Crippen molar-refractivity contribution in [3.63, 3.8) is 0 Å². The molecular weight excluding hydrogens is 310 g/mol. The number of nitrogens with zero attached hydrogens (tertiary/aromatic N) is 3. The lowest BCUT2D eigenvalue weighted by atomic mass is 9.92. The zero-order chi connectivity index (χ0) is 16.6. The Hall–Kier alpha value is -2.26. The first-order valence-electron chi connectivity index (χ1n) is 7.52. The lowest BCUT2D eigenvalue weighted by molar-refractivity contribution is 0.631. The molecule has 3 rings (SSSR count). The molecule has 0 amide bonds. The summed E-state index contributed by atoms with van der Waals surface area (Å²) in [5.74, 6) is 0. The van der Waals surface area contributed by atoms with Crippen LogP contribution >= 0.6 is 11.8 Å². The van der Waals surface area contributed by atoms with Crippen molar-refractivity contribution in [2.75, 3.05) is 0 Å². The zero-order valence-corrected chi connectivity index (χ0v) is 13.9. The second-order valence-corrected chi connectivity index (χ2v) is 6.80. The molecular formula is C17H17N3O2S. The Morgan fingerprint density at radius 1 is 1.09 bits per heavy atom. The van der Waals surface area contributed by atoms with E-state index in [1.54, 1.807) is 7.05 Å². The summed E-state index contributed by atoms with van der Waals surface area (Å²) in [6.07, 6.45) is 4.58. The van der Waals surface area contributed by atoms with E-state index in [0.29, 0.717) is 5.03 Å². The van der Waals surface area contributed by atoms with Gasteiger partial charge in [-0.15, -0.1) is 0 Å². The fourth-order valence-corrected chi connectivity index (χ4v) is 3.94. The van der Waals surface area contributed by atoms with E-state index in [2.05, 4.69) is 12.1 Å². The predicted molar refractivity (Wildman–Crippen MR) is 88.8 cm³/mol. The molecule has 1 aliphatic rings. The van der Waals surface area contributed by atoms with Gasteiger partial charge in [-0.05, 0) is 48.9 Å². The molecule has 1 aromatic heterocycles. The average molecular weight is 327 g/mol. The molecule has 0 bridgehead atoms. The highest BCUT2D eigenvalue weighted by Gasteiger charge is 2.17. The third-order valence-corrected chi connectivity index (χ3v) is 5.42. The minimum Gasteiger partial charge on any atom is -0.290 e. The van der Waals surface area contributed by atoms with Crippen LogP contribution in [0.5, 0.6) is 0 Å². The van der Waals surface area contributed by atoms with Gasteiger partial charge in [0.1, 0.15) is 16.7 Å². The summed E-state index contributed by atoms with van der Waals surface area (Å²) < 4.78 is 2.33. The molecule has 23 heavy (non-hydrogen) atoms. The molecule has 0 unspecified atom stereocenters. The number of aryl methyl sites for hydroxylation is 2. The minimum atomic E-state index is -0.545. The quantitative estimate of drug-likeness (QED) is 0.791. The normalized spacial score (nSPS) is 13.4. The average Bonchev–Trinajstić information content (AvgIpc) is 2.58. The van der Waals surface area contributed by atoms with E-state index in [9.17, 15) is 14.9 Å². The smallest absolute Gasteiger partial charge is 0.290 e. The second-order valence-electron chi connectivity index (χ2n) is 5.74. The van der Waals surface area contributed by atoms with Crippen molar-refractivity contribution in [3.05, 3.63) is 55.7 Å². The van der Waals surface area contributed by atoms with Crippen LogP contribution in [-0.4, -0.2) is 9.13 Å². The third-order valence-electron chi connectivity index (χ3n) is 4.26. The Kier molecular flexibility index (Phi) is 4.14. The number of nitriles is 1. The highest BCUT2D eigenvalue weighted by molar-refractivity contribution is 7.99. The van der Waals surface area contributed by atoms with Crippen LogP contribution in [0.3, 0.4) is 0 Å². The molecule has 1 aromatic carbocycles. The van der Waals surface area contributed by atoms with Crippen molar-refractivity contribution >= 4 is 11.8 Å². The van der Waals surface area contributed by atoms with Crippen molar-refractivity contribution < 1.29 is 0 Å². The molecule has 0 aliphatic heterocycles. The lowest BCUT2D eigenvalue weighted by Crippen LogP contribution is -2.39. The molecule has 5 nitrogen and oxygen atoms in total. The highest BCUT2D eigenvalue weighted by Crippen LogP contribution is 2.31. The van der Waals surface area contributed by atoms with Gasteiger partial charge in [0, 0.05) is 19.0 Å². The summed E-state index contributed by atoms with van der Waals surface area (Å²) in [4.78, 5) is 25.2. The van der Waals surface area contributed by atoms with Crippen LogP contribution in [0.4, 0.5) is 0 Å². The van der Waals surface area contributed by atoms with Crippen LogP contribution in [0.25, 0.3) is 0 Å². The van der Waals surface area contributed by atoms with Gasteiger partial charge >= 0.3 is 5.69 Å². The van der Waals surface area contributed by atoms with Gasteiger partial charge in [-0.2, -0.15) is 5.26 Å². The van der Waals surface area contributed by atoms with Crippen LogP contribution < -0.4 is 11.2 Å². The molecule has 6 heteroatoms. The Bertz CT molecular complexity index is 935. The number of fused-ring (bicyclic) bond motifs is 1. The van der Waals surface area contributed by atoms with Crippen LogP contribution in [0, 0.1) is 11.3 Å². The minimum absolute atomic E-state index is 0.0114. The maximum absolute atomic E-state index is 12.1. The number of benzene rings is 1. The number of aromatic nitrogens is 2. The molecule has 0 spiro atoms. The van der Waals surface area contributed by atoms with Gasteiger partial charge in [-0.25, -0.2) is 4.79 Å². The van der Waals surface area contributed by atoms with Crippen LogP contribution in [0.2, 0.25) is 0 Å². The molecule has 118 valence electrons. The van der Waals surface area contributed by atoms with Gasteiger partial charge in [0.05, 0.1) is 0 Å². The molecule has 0 saturated heterocycles. The van der Waals surface area contributed by atoms with E-state index in [1.807, 2.05) is 12.1 Å². The highest BCUT2D eigenvalue weighted by atomic mass is 32.2. The Balaban J connectivity index is 2.09. The first-order valence-corrected chi connectivity index (χ1v) is 8.34. The van der Waals surface area contributed by atoms with E-state index in [1.165, 1.54) is 47.3 Å². The fraction of sp³-hybridized carbons (Fsp3) is 0.353. The Labute approximate surface area is 138 Å².